The number of rotatable bonds is 9. The highest BCUT2D eigenvalue weighted by atomic mass is 127. The van der Waals surface area contributed by atoms with E-state index in [0.29, 0.717) is 29.8 Å². The molecular formula is C20H35IN4O3S. The Bertz CT molecular complexity index is 726. The normalized spacial score (nSPS) is 18.0. The quantitative estimate of drug-likeness (QED) is 0.218. The molecule has 2 rings (SSSR count). The summed E-state index contributed by atoms with van der Waals surface area (Å²) in [6.07, 6.45) is 6.27. The van der Waals surface area contributed by atoms with Crippen LogP contribution in [0.2, 0.25) is 0 Å². The van der Waals surface area contributed by atoms with Gasteiger partial charge >= 0.3 is 0 Å². The smallest absolute Gasteiger partial charge is 0.191 e. The van der Waals surface area contributed by atoms with Crippen LogP contribution in [0.4, 0.5) is 0 Å². The molecule has 29 heavy (non-hydrogen) atoms. The average molecular weight is 538 g/mol. The van der Waals surface area contributed by atoms with Gasteiger partial charge in [-0.1, -0.05) is 6.42 Å². The number of piperidine rings is 1. The number of sulfone groups is 1. The van der Waals surface area contributed by atoms with Crippen molar-refractivity contribution in [3.8, 4) is 5.75 Å². The number of hydrogen-bond donors (Lipinski definition) is 2. The van der Waals surface area contributed by atoms with E-state index in [0.717, 1.165) is 25.5 Å². The van der Waals surface area contributed by atoms with Crippen LogP contribution in [0.3, 0.4) is 0 Å². The van der Waals surface area contributed by atoms with Crippen molar-refractivity contribution in [1.82, 2.24) is 15.5 Å². The summed E-state index contributed by atoms with van der Waals surface area (Å²) < 4.78 is 28.5. The Labute approximate surface area is 192 Å². The van der Waals surface area contributed by atoms with Crippen molar-refractivity contribution in [3.63, 3.8) is 0 Å². The lowest BCUT2D eigenvalue weighted by Gasteiger charge is -2.33. The number of benzene rings is 1. The van der Waals surface area contributed by atoms with Crippen LogP contribution in [0.15, 0.2) is 34.2 Å². The maximum atomic E-state index is 11.5. The summed E-state index contributed by atoms with van der Waals surface area (Å²) in [5.74, 6) is 1.41. The van der Waals surface area contributed by atoms with Gasteiger partial charge in [0.2, 0.25) is 0 Å². The molecule has 9 heteroatoms. The van der Waals surface area contributed by atoms with Crippen LogP contribution in [0.1, 0.15) is 32.6 Å². The lowest BCUT2D eigenvalue weighted by atomic mass is 10.0. The fraction of sp³-hybridized carbons (Fsp3) is 0.650. The summed E-state index contributed by atoms with van der Waals surface area (Å²) >= 11 is 0. The first-order valence-electron chi connectivity index (χ1n) is 10.0. The van der Waals surface area contributed by atoms with Crippen LogP contribution in [-0.2, 0) is 9.84 Å². The van der Waals surface area contributed by atoms with Gasteiger partial charge < -0.3 is 20.3 Å². The van der Waals surface area contributed by atoms with E-state index in [2.05, 4.69) is 27.4 Å². The maximum absolute atomic E-state index is 11.5. The molecule has 1 atom stereocenters. The third-order valence-corrected chi connectivity index (χ3v) is 6.12. The molecule has 0 aromatic heterocycles. The Morgan fingerprint density at radius 3 is 2.52 bits per heavy atom. The van der Waals surface area contributed by atoms with Crippen LogP contribution in [-0.4, -0.2) is 71.4 Å². The lowest BCUT2D eigenvalue weighted by Crippen LogP contribution is -2.42. The molecule has 0 bridgehead atoms. The molecular weight excluding hydrogens is 503 g/mol. The van der Waals surface area contributed by atoms with Gasteiger partial charge in [-0.05, 0) is 57.0 Å². The van der Waals surface area contributed by atoms with E-state index in [1.165, 1.54) is 32.1 Å². The molecule has 0 radical (unpaired) electrons. The molecule has 0 saturated carbocycles. The first-order valence-corrected chi connectivity index (χ1v) is 11.9. The van der Waals surface area contributed by atoms with E-state index < -0.39 is 9.84 Å². The van der Waals surface area contributed by atoms with E-state index in [1.54, 1.807) is 31.3 Å². The number of ether oxygens (including phenoxy) is 1. The van der Waals surface area contributed by atoms with Crippen molar-refractivity contribution in [2.24, 2.45) is 4.99 Å². The van der Waals surface area contributed by atoms with Gasteiger partial charge in [-0.3, -0.25) is 4.99 Å². The number of likely N-dealkylation sites (tertiary alicyclic amines) is 1. The summed E-state index contributed by atoms with van der Waals surface area (Å²) in [4.78, 5) is 7.10. The first-order chi connectivity index (χ1) is 13.4. The average Bonchev–Trinajstić information content (AvgIpc) is 2.67. The molecule has 0 amide bonds. The zero-order valence-corrected chi connectivity index (χ0v) is 20.8. The molecule has 1 aromatic carbocycles. The molecule has 1 aliphatic rings. The van der Waals surface area contributed by atoms with Crippen LogP contribution in [0, 0.1) is 0 Å². The van der Waals surface area contributed by atoms with E-state index >= 15 is 0 Å². The number of halogens is 1. The van der Waals surface area contributed by atoms with Crippen molar-refractivity contribution in [2.45, 2.75) is 43.5 Å². The second-order valence-electron chi connectivity index (χ2n) is 7.25. The molecule has 1 saturated heterocycles. The standard InChI is InChI=1S/C20H34N4O3S.HI/c1-17-7-4-5-14-24(17)15-6-12-22-20(21-2)23-13-16-27-18-8-10-19(11-9-18)28(3,25)26;/h8-11,17H,4-7,12-16H2,1-3H3,(H2,21,22,23);1H. The van der Waals surface area contributed by atoms with Crippen molar-refractivity contribution in [2.75, 3.05) is 46.1 Å². The number of hydrogen-bond acceptors (Lipinski definition) is 5. The molecule has 1 aromatic rings. The fourth-order valence-corrected chi connectivity index (χ4v) is 3.95. The van der Waals surface area contributed by atoms with Crippen LogP contribution in [0.5, 0.6) is 5.75 Å². The van der Waals surface area contributed by atoms with Crippen LogP contribution in [0.25, 0.3) is 0 Å². The van der Waals surface area contributed by atoms with E-state index in [-0.39, 0.29) is 24.0 Å². The predicted molar refractivity (Wildman–Crippen MR) is 129 cm³/mol. The van der Waals surface area contributed by atoms with Crippen molar-refractivity contribution < 1.29 is 13.2 Å². The number of nitrogens with zero attached hydrogens (tertiary/aromatic N) is 2. The topological polar surface area (TPSA) is 83.0 Å². The Kier molecular flexibility index (Phi) is 11.9. The highest BCUT2D eigenvalue weighted by molar-refractivity contribution is 14.0. The molecule has 7 nitrogen and oxygen atoms in total. The third kappa shape index (κ3) is 9.52. The highest BCUT2D eigenvalue weighted by Crippen LogP contribution is 2.16. The van der Waals surface area contributed by atoms with Gasteiger partial charge in [-0.15, -0.1) is 24.0 Å². The van der Waals surface area contributed by atoms with Gasteiger partial charge in [0, 0.05) is 32.4 Å². The van der Waals surface area contributed by atoms with Gasteiger partial charge in [0.15, 0.2) is 15.8 Å². The minimum Gasteiger partial charge on any atom is -0.492 e. The zero-order valence-electron chi connectivity index (χ0n) is 17.7. The predicted octanol–water partition coefficient (Wildman–Crippen LogP) is 2.52. The summed E-state index contributed by atoms with van der Waals surface area (Å²) in [7, 11) is -1.42. The molecule has 1 fully saturated rings. The van der Waals surface area contributed by atoms with E-state index in [1.807, 2.05) is 0 Å². The van der Waals surface area contributed by atoms with Crippen molar-refractivity contribution >= 4 is 39.8 Å². The summed E-state index contributed by atoms with van der Waals surface area (Å²) in [5, 5.41) is 6.56. The molecule has 1 unspecified atom stereocenters. The Hall–Kier alpha value is -1.07. The highest BCUT2D eigenvalue weighted by Gasteiger charge is 2.17. The van der Waals surface area contributed by atoms with Crippen molar-refractivity contribution in [1.29, 1.82) is 0 Å². The SMILES string of the molecule is CN=C(NCCCN1CCCCC1C)NCCOc1ccc(S(C)(=O)=O)cc1.I. The second-order valence-corrected chi connectivity index (χ2v) is 9.27. The minimum atomic E-state index is -3.18. The summed E-state index contributed by atoms with van der Waals surface area (Å²) in [6, 6.07) is 7.16. The lowest BCUT2D eigenvalue weighted by molar-refractivity contribution is 0.159. The monoisotopic (exact) mass is 538 g/mol. The largest absolute Gasteiger partial charge is 0.492 e. The van der Waals surface area contributed by atoms with E-state index in [9.17, 15) is 8.42 Å². The van der Waals surface area contributed by atoms with Gasteiger partial charge in [0.05, 0.1) is 11.4 Å². The minimum absolute atomic E-state index is 0. The van der Waals surface area contributed by atoms with Crippen molar-refractivity contribution in [3.05, 3.63) is 24.3 Å². The Morgan fingerprint density at radius 1 is 1.21 bits per heavy atom. The molecule has 1 aliphatic heterocycles. The Balaban J connectivity index is 0.00000420. The number of guanidine groups is 1. The van der Waals surface area contributed by atoms with E-state index in [4.69, 9.17) is 4.74 Å². The van der Waals surface area contributed by atoms with Gasteiger partial charge in [-0.2, -0.15) is 0 Å². The molecule has 166 valence electrons. The number of nitrogens with one attached hydrogen (secondary N) is 2. The van der Waals surface area contributed by atoms with Crippen LogP contribution >= 0.6 is 24.0 Å². The molecule has 2 N–H and O–H groups in total. The fourth-order valence-electron chi connectivity index (χ4n) is 3.32. The maximum Gasteiger partial charge on any atom is 0.191 e. The molecule has 0 aliphatic carbocycles. The van der Waals surface area contributed by atoms with Gasteiger partial charge in [-0.25, -0.2) is 8.42 Å². The number of aliphatic imine (C=N–C) groups is 1. The Morgan fingerprint density at radius 2 is 1.90 bits per heavy atom. The zero-order chi connectivity index (χ0) is 20.4. The van der Waals surface area contributed by atoms with Gasteiger partial charge in [0.25, 0.3) is 0 Å². The van der Waals surface area contributed by atoms with Crippen LogP contribution < -0.4 is 15.4 Å². The summed E-state index contributed by atoms with van der Waals surface area (Å²) in [5.41, 5.74) is 0. The first kappa shape index (κ1) is 26.0. The van der Waals surface area contributed by atoms with Gasteiger partial charge in [0.1, 0.15) is 12.4 Å². The molecule has 1 heterocycles. The molecule has 0 spiro atoms. The summed E-state index contributed by atoms with van der Waals surface area (Å²) in [6.45, 7) is 6.62. The third-order valence-electron chi connectivity index (χ3n) is 4.99. The second kappa shape index (κ2) is 13.3.